The number of fused-ring (bicyclic) bond motifs is 3. The van der Waals surface area contributed by atoms with Gasteiger partial charge < -0.3 is 14.3 Å². The average molecular weight is 386 g/mol. The van der Waals surface area contributed by atoms with E-state index in [1.807, 2.05) is 18.2 Å². The fourth-order valence-electron chi connectivity index (χ4n) is 3.51. The smallest absolute Gasteiger partial charge is 0.200 e. The third kappa shape index (κ3) is 3.34. The Labute approximate surface area is 161 Å². The van der Waals surface area contributed by atoms with Crippen LogP contribution < -0.4 is 10.2 Å². The molecule has 0 spiro atoms. The Morgan fingerprint density at radius 3 is 2.70 bits per heavy atom. The summed E-state index contributed by atoms with van der Waals surface area (Å²) >= 11 is 5.97. The van der Waals surface area contributed by atoms with Gasteiger partial charge in [0.1, 0.15) is 23.8 Å². The molecule has 0 unspecified atom stereocenters. The number of ether oxygens (including phenoxy) is 1. The van der Waals surface area contributed by atoms with Crippen LogP contribution in [0.15, 0.2) is 45.6 Å². The lowest BCUT2D eigenvalue weighted by Gasteiger charge is -2.29. The zero-order valence-corrected chi connectivity index (χ0v) is 15.8. The molecule has 0 atom stereocenters. The Morgan fingerprint density at radius 2 is 1.96 bits per heavy atom. The minimum absolute atomic E-state index is 0.0636. The molecular weight excluding hydrogens is 366 g/mol. The van der Waals surface area contributed by atoms with Gasteiger partial charge in [-0.25, -0.2) is 0 Å². The number of aliphatic hydroxyl groups excluding tert-OH is 1. The SMILES string of the molecule is Cc1oc2c3c(ccc2c(=O)c1-c1ccc(Cl)cc1)OCN(CCCO)C3. The van der Waals surface area contributed by atoms with Gasteiger partial charge in [0, 0.05) is 24.7 Å². The van der Waals surface area contributed by atoms with Gasteiger partial charge in [-0.1, -0.05) is 23.7 Å². The fourth-order valence-corrected chi connectivity index (χ4v) is 3.63. The molecule has 5 nitrogen and oxygen atoms in total. The highest BCUT2D eigenvalue weighted by atomic mass is 35.5. The monoisotopic (exact) mass is 385 g/mol. The molecule has 0 radical (unpaired) electrons. The molecule has 27 heavy (non-hydrogen) atoms. The molecule has 1 aliphatic rings. The predicted molar refractivity (Wildman–Crippen MR) is 105 cm³/mol. The van der Waals surface area contributed by atoms with E-state index in [0.29, 0.717) is 47.0 Å². The first-order valence-electron chi connectivity index (χ1n) is 8.89. The van der Waals surface area contributed by atoms with E-state index in [2.05, 4.69) is 4.90 Å². The zero-order valence-electron chi connectivity index (χ0n) is 15.0. The Hall–Kier alpha value is -2.34. The first-order chi connectivity index (χ1) is 13.1. The number of hydrogen-bond acceptors (Lipinski definition) is 5. The van der Waals surface area contributed by atoms with E-state index in [1.165, 1.54) is 0 Å². The van der Waals surface area contributed by atoms with E-state index in [4.69, 9.17) is 25.9 Å². The Morgan fingerprint density at radius 1 is 1.19 bits per heavy atom. The minimum atomic E-state index is -0.0636. The van der Waals surface area contributed by atoms with Crippen molar-refractivity contribution in [3.8, 4) is 16.9 Å². The van der Waals surface area contributed by atoms with Crippen LogP contribution in [-0.4, -0.2) is 29.9 Å². The molecule has 1 aromatic heterocycles. The summed E-state index contributed by atoms with van der Waals surface area (Å²) in [5.74, 6) is 1.31. The summed E-state index contributed by atoms with van der Waals surface area (Å²) in [6.07, 6.45) is 0.674. The number of aliphatic hydroxyl groups is 1. The first kappa shape index (κ1) is 18.0. The van der Waals surface area contributed by atoms with Crippen molar-refractivity contribution in [3.63, 3.8) is 0 Å². The van der Waals surface area contributed by atoms with Gasteiger partial charge in [-0.3, -0.25) is 9.69 Å². The van der Waals surface area contributed by atoms with Crippen molar-refractivity contribution in [2.45, 2.75) is 19.9 Å². The summed E-state index contributed by atoms with van der Waals surface area (Å²) in [5.41, 5.74) is 2.71. The van der Waals surface area contributed by atoms with E-state index in [1.54, 1.807) is 25.1 Å². The van der Waals surface area contributed by atoms with E-state index in [9.17, 15) is 4.79 Å². The van der Waals surface area contributed by atoms with Gasteiger partial charge >= 0.3 is 0 Å². The van der Waals surface area contributed by atoms with Gasteiger partial charge in [0.15, 0.2) is 0 Å². The van der Waals surface area contributed by atoms with Gasteiger partial charge in [0.25, 0.3) is 0 Å². The second kappa shape index (κ2) is 7.35. The van der Waals surface area contributed by atoms with Crippen LogP contribution in [0.2, 0.25) is 5.02 Å². The number of benzene rings is 2. The largest absolute Gasteiger partial charge is 0.478 e. The minimum Gasteiger partial charge on any atom is -0.478 e. The van der Waals surface area contributed by atoms with Gasteiger partial charge in [0.05, 0.1) is 16.5 Å². The third-order valence-electron chi connectivity index (χ3n) is 4.85. The summed E-state index contributed by atoms with van der Waals surface area (Å²) < 4.78 is 11.9. The molecule has 0 aliphatic carbocycles. The van der Waals surface area contributed by atoms with Crippen LogP contribution in [0.4, 0.5) is 0 Å². The second-order valence-electron chi connectivity index (χ2n) is 6.69. The summed E-state index contributed by atoms with van der Waals surface area (Å²) in [5, 5.41) is 10.2. The molecule has 4 rings (SSSR count). The molecule has 0 saturated carbocycles. The van der Waals surface area contributed by atoms with Crippen LogP contribution in [0.25, 0.3) is 22.1 Å². The highest BCUT2D eigenvalue weighted by Gasteiger charge is 2.23. The molecule has 0 saturated heterocycles. The molecular formula is C21H20ClNO4. The molecule has 2 aromatic carbocycles. The lowest BCUT2D eigenvalue weighted by atomic mass is 10.0. The molecule has 0 amide bonds. The van der Waals surface area contributed by atoms with Crippen LogP contribution in [-0.2, 0) is 6.54 Å². The summed E-state index contributed by atoms with van der Waals surface area (Å²) in [4.78, 5) is 15.3. The zero-order chi connectivity index (χ0) is 19.0. The van der Waals surface area contributed by atoms with E-state index >= 15 is 0 Å². The number of halogens is 1. The molecule has 0 fully saturated rings. The van der Waals surface area contributed by atoms with Crippen LogP contribution in [0.3, 0.4) is 0 Å². The third-order valence-corrected chi connectivity index (χ3v) is 5.10. The van der Waals surface area contributed by atoms with Crippen molar-refractivity contribution < 1.29 is 14.3 Å². The van der Waals surface area contributed by atoms with Gasteiger partial charge in [-0.15, -0.1) is 0 Å². The van der Waals surface area contributed by atoms with E-state index < -0.39 is 0 Å². The predicted octanol–water partition coefficient (Wildman–Crippen LogP) is 3.96. The Bertz CT molecular complexity index is 1040. The maximum absolute atomic E-state index is 13.2. The van der Waals surface area contributed by atoms with Gasteiger partial charge in [0.2, 0.25) is 5.43 Å². The van der Waals surface area contributed by atoms with Crippen LogP contribution >= 0.6 is 11.6 Å². The lowest BCUT2D eigenvalue weighted by Crippen LogP contribution is -2.33. The standard InChI is InChI=1S/C21H20ClNO4/c1-13-19(14-3-5-15(22)6-4-14)20(25)16-7-8-18-17(21(16)27-13)11-23(12-26-18)9-2-10-24/h3-8,24H,2,9-12H2,1H3. The fraction of sp³-hybridized carbons (Fsp3) is 0.286. The van der Waals surface area contributed by atoms with Crippen LogP contribution in [0.1, 0.15) is 17.7 Å². The maximum atomic E-state index is 13.2. The normalized spacial score (nSPS) is 14.2. The summed E-state index contributed by atoms with van der Waals surface area (Å²) in [6, 6.07) is 10.8. The van der Waals surface area contributed by atoms with Crippen molar-refractivity contribution in [1.29, 1.82) is 0 Å². The highest BCUT2D eigenvalue weighted by Crippen LogP contribution is 2.34. The quantitative estimate of drug-likeness (QED) is 0.736. The summed E-state index contributed by atoms with van der Waals surface area (Å²) in [7, 11) is 0. The van der Waals surface area contributed by atoms with Crippen molar-refractivity contribution >= 4 is 22.6 Å². The van der Waals surface area contributed by atoms with Gasteiger partial charge in [-0.05, 0) is 43.2 Å². The Balaban J connectivity index is 1.84. The molecule has 1 N–H and O–H groups in total. The number of hydrogen-bond donors (Lipinski definition) is 1. The van der Waals surface area contributed by atoms with Gasteiger partial charge in [-0.2, -0.15) is 0 Å². The molecule has 2 heterocycles. The number of rotatable bonds is 4. The van der Waals surface area contributed by atoms with Crippen molar-refractivity contribution in [2.24, 2.45) is 0 Å². The Kier molecular flexibility index (Phi) is 4.91. The lowest BCUT2D eigenvalue weighted by molar-refractivity contribution is 0.0886. The van der Waals surface area contributed by atoms with E-state index in [-0.39, 0.29) is 12.0 Å². The molecule has 0 bridgehead atoms. The molecule has 6 heteroatoms. The molecule has 3 aromatic rings. The first-order valence-corrected chi connectivity index (χ1v) is 9.27. The van der Waals surface area contributed by atoms with Crippen molar-refractivity contribution in [2.75, 3.05) is 19.9 Å². The van der Waals surface area contributed by atoms with Crippen molar-refractivity contribution in [3.05, 3.63) is 63.0 Å². The molecule has 140 valence electrons. The summed E-state index contributed by atoms with van der Waals surface area (Å²) in [6.45, 7) is 3.74. The number of aryl methyl sites for hydroxylation is 1. The van der Waals surface area contributed by atoms with Crippen LogP contribution in [0.5, 0.6) is 5.75 Å². The van der Waals surface area contributed by atoms with Crippen LogP contribution in [0, 0.1) is 6.92 Å². The second-order valence-corrected chi connectivity index (χ2v) is 7.13. The van der Waals surface area contributed by atoms with Crippen molar-refractivity contribution in [1.82, 2.24) is 4.90 Å². The molecule has 1 aliphatic heterocycles. The number of nitrogens with zero attached hydrogens (tertiary/aromatic N) is 1. The maximum Gasteiger partial charge on any atom is 0.200 e. The van der Waals surface area contributed by atoms with E-state index in [0.717, 1.165) is 23.4 Å². The highest BCUT2D eigenvalue weighted by molar-refractivity contribution is 6.30. The topological polar surface area (TPSA) is 62.9 Å². The average Bonchev–Trinajstić information content (AvgIpc) is 2.67.